The van der Waals surface area contributed by atoms with Crippen molar-refractivity contribution in [1.29, 1.82) is 0 Å². The molecule has 0 aromatic heterocycles. The lowest BCUT2D eigenvalue weighted by molar-refractivity contribution is -0.130. The second kappa shape index (κ2) is 8.09. The number of piperidine rings is 1. The van der Waals surface area contributed by atoms with E-state index in [-0.39, 0.29) is 18.4 Å². The standard InChI is InChI=1S/C19H26ClN3O2/c1-14-5-4-10-23(13-14)18(24)12-21-17-7-6-15(20)11-16(17)19(25)22-8-2-3-9-22/h6-7,11,14,21H,2-5,8-10,12-13H2,1H3. The van der Waals surface area contributed by atoms with E-state index in [9.17, 15) is 9.59 Å². The predicted octanol–water partition coefficient (Wildman–Crippen LogP) is 3.25. The first-order valence-corrected chi connectivity index (χ1v) is 9.53. The minimum atomic E-state index is -0.0125. The van der Waals surface area contributed by atoms with Crippen LogP contribution in [0.5, 0.6) is 0 Å². The Labute approximate surface area is 154 Å². The van der Waals surface area contributed by atoms with E-state index >= 15 is 0 Å². The molecule has 2 fully saturated rings. The SMILES string of the molecule is CC1CCCN(C(=O)CNc2ccc(Cl)cc2C(=O)N2CCCC2)C1. The molecular formula is C19H26ClN3O2. The number of amides is 2. The summed E-state index contributed by atoms with van der Waals surface area (Å²) in [7, 11) is 0. The van der Waals surface area contributed by atoms with Crippen LogP contribution in [0, 0.1) is 5.92 Å². The first-order valence-electron chi connectivity index (χ1n) is 9.15. The van der Waals surface area contributed by atoms with Gasteiger partial charge in [0, 0.05) is 36.9 Å². The van der Waals surface area contributed by atoms with Gasteiger partial charge in [0.05, 0.1) is 12.1 Å². The van der Waals surface area contributed by atoms with Crippen molar-refractivity contribution in [3.63, 3.8) is 0 Å². The third-order valence-electron chi connectivity index (χ3n) is 5.05. The predicted molar refractivity (Wildman–Crippen MR) is 100 cm³/mol. The summed E-state index contributed by atoms with van der Waals surface area (Å²) >= 11 is 6.09. The van der Waals surface area contributed by atoms with Crippen LogP contribution in [-0.2, 0) is 4.79 Å². The highest BCUT2D eigenvalue weighted by Crippen LogP contribution is 2.24. The highest BCUT2D eigenvalue weighted by molar-refractivity contribution is 6.31. The molecule has 1 aromatic rings. The monoisotopic (exact) mass is 363 g/mol. The minimum absolute atomic E-state index is 0.0125. The summed E-state index contributed by atoms with van der Waals surface area (Å²) in [4.78, 5) is 29.0. The van der Waals surface area contributed by atoms with Crippen LogP contribution in [0.2, 0.25) is 5.02 Å². The zero-order chi connectivity index (χ0) is 17.8. The van der Waals surface area contributed by atoms with E-state index in [0.717, 1.165) is 45.4 Å². The van der Waals surface area contributed by atoms with Gasteiger partial charge in [-0.2, -0.15) is 0 Å². The maximum absolute atomic E-state index is 12.7. The summed E-state index contributed by atoms with van der Waals surface area (Å²) in [5, 5.41) is 3.69. The van der Waals surface area contributed by atoms with Gasteiger partial charge in [0.1, 0.15) is 0 Å². The smallest absolute Gasteiger partial charge is 0.256 e. The molecule has 1 unspecified atom stereocenters. The molecule has 25 heavy (non-hydrogen) atoms. The van der Waals surface area contributed by atoms with Crippen molar-refractivity contribution in [3.8, 4) is 0 Å². The third kappa shape index (κ3) is 4.46. The Bertz CT molecular complexity index is 644. The van der Waals surface area contributed by atoms with Crippen LogP contribution in [-0.4, -0.2) is 54.3 Å². The average Bonchev–Trinajstić information content (AvgIpc) is 3.14. The number of rotatable bonds is 4. The van der Waals surface area contributed by atoms with E-state index in [4.69, 9.17) is 11.6 Å². The topological polar surface area (TPSA) is 52.7 Å². The van der Waals surface area contributed by atoms with Crippen LogP contribution in [0.15, 0.2) is 18.2 Å². The zero-order valence-corrected chi connectivity index (χ0v) is 15.5. The Balaban J connectivity index is 1.67. The van der Waals surface area contributed by atoms with Gasteiger partial charge in [-0.1, -0.05) is 18.5 Å². The van der Waals surface area contributed by atoms with E-state index in [0.29, 0.717) is 22.2 Å². The number of carbonyl (C=O) groups is 2. The lowest BCUT2D eigenvalue weighted by atomic mass is 10.0. The molecule has 2 heterocycles. The van der Waals surface area contributed by atoms with Gasteiger partial charge >= 0.3 is 0 Å². The van der Waals surface area contributed by atoms with Crippen LogP contribution in [0.3, 0.4) is 0 Å². The highest BCUT2D eigenvalue weighted by atomic mass is 35.5. The number of likely N-dealkylation sites (tertiary alicyclic amines) is 2. The average molecular weight is 364 g/mol. The summed E-state index contributed by atoms with van der Waals surface area (Å²) in [6.07, 6.45) is 4.33. The Morgan fingerprint density at radius 3 is 2.60 bits per heavy atom. The van der Waals surface area contributed by atoms with Crippen molar-refractivity contribution in [3.05, 3.63) is 28.8 Å². The molecule has 2 amide bonds. The Morgan fingerprint density at radius 1 is 1.16 bits per heavy atom. The number of benzene rings is 1. The van der Waals surface area contributed by atoms with Gasteiger partial charge in [0.15, 0.2) is 0 Å². The van der Waals surface area contributed by atoms with Crippen LogP contribution in [0.25, 0.3) is 0 Å². The maximum Gasteiger partial charge on any atom is 0.256 e. The fraction of sp³-hybridized carbons (Fsp3) is 0.579. The van der Waals surface area contributed by atoms with Crippen LogP contribution < -0.4 is 5.32 Å². The first-order chi connectivity index (χ1) is 12.0. The van der Waals surface area contributed by atoms with Gasteiger partial charge in [0.25, 0.3) is 5.91 Å². The molecule has 2 aliphatic rings. The second-order valence-corrected chi connectivity index (χ2v) is 7.57. The van der Waals surface area contributed by atoms with Gasteiger partial charge in [-0.15, -0.1) is 0 Å². The number of nitrogens with zero attached hydrogens (tertiary/aromatic N) is 2. The van der Waals surface area contributed by atoms with E-state index in [2.05, 4.69) is 12.2 Å². The summed E-state index contributed by atoms with van der Waals surface area (Å²) in [5.41, 5.74) is 1.23. The van der Waals surface area contributed by atoms with Crippen molar-refractivity contribution in [2.75, 3.05) is 38.0 Å². The van der Waals surface area contributed by atoms with E-state index in [1.807, 2.05) is 9.80 Å². The molecule has 0 aliphatic carbocycles. The molecule has 6 heteroatoms. The lowest BCUT2D eigenvalue weighted by Crippen LogP contribution is -2.42. The molecule has 0 saturated carbocycles. The fourth-order valence-electron chi connectivity index (χ4n) is 3.64. The number of anilines is 1. The number of hydrogen-bond acceptors (Lipinski definition) is 3. The fourth-order valence-corrected chi connectivity index (χ4v) is 3.81. The lowest BCUT2D eigenvalue weighted by Gasteiger charge is -2.31. The van der Waals surface area contributed by atoms with Gasteiger partial charge < -0.3 is 15.1 Å². The quantitative estimate of drug-likeness (QED) is 0.893. The largest absolute Gasteiger partial charge is 0.376 e. The molecule has 1 aromatic carbocycles. The molecule has 5 nitrogen and oxygen atoms in total. The van der Waals surface area contributed by atoms with Crippen molar-refractivity contribution >= 4 is 29.1 Å². The Morgan fingerprint density at radius 2 is 1.88 bits per heavy atom. The Hall–Kier alpha value is -1.75. The first kappa shape index (κ1) is 18.1. The van der Waals surface area contributed by atoms with E-state index < -0.39 is 0 Å². The molecule has 136 valence electrons. The van der Waals surface area contributed by atoms with Crippen molar-refractivity contribution in [2.45, 2.75) is 32.6 Å². The summed E-state index contributed by atoms with van der Waals surface area (Å²) < 4.78 is 0. The van der Waals surface area contributed by atoms with Crippen molar-refractivity contribution in [1.82, 2.24) is 9.80 Å². The van der Waals surface area contributed by atoms with Gasteiger partial charge in [-0.3, -0.25) is 9.59 Å². The van der Waals surface area contributed by atoms with Crippen molar-refractivity contribution in [2.24, 2.45) is 5.92 Å². The number of halogens is 1. The zero-order valence-electron chi connectivity index (χ0n) is 14.8. The molecule has 0 bridgehead atoms. The van der Waals surface area contributed by atoms with E-state index in [1.165, 1.54) is 6.42 Å². The Kier molecular flexibility index (Phi) is 5.84. The molecule has 0 radical (unpaired) electrons. The molecule has 2 aliphatic heterocycles. The van der Waals surface area contributed by atoms with E-state index in [1.54, 1.807) is 18.2 Å². The number of carbonyl (C=O) groups excluding carboxylic acids is 2. The van der Waals surface area contributed by atoms with Gasteiger partial charge in [-0.25, -0.2) is 0 Å². The third-order valence-corrected chi connectivity index (χ3v) is 5.28. The van der Waals surface area contributed by atoms with Crippen molar-refractivity contribution < 1.29 is 9.59 Å². The molecular weight excluding hydrogens is 338 g/mol. The molecule has 3 rings (SSSR count). The minimum Gasteiger partial charge on any atom is -0.376 e. The summed E-state index contributed by atoms with van der Waals surface area (Å²) in [6, 6.07) is 5.23. The summed E-state index contributed by atoms with van der Waals surface area (Å²) in [6.45, 7) is 5.60. The molecule has 0 spiro atoms. The normalized spacial score (nSPS) is 20.6. The van der Waals surface area contributed by atoms with Crippen LogP contribution in [0.4, 0.5) is 5.69 Å². The second-order valence-electron chi connectivity index (χ2n) is 7.13. The summed E-state index contributed by atoms with van der Waals surface area (Å²) in [5.74, 6) is 0.628. The molecule has 2 saturated heterocycles. The van der Waals surface area contributed by atoms with Gasteiger partial charge in [-0.05, 0) is 49.8 Å². The van der Waals surface area contributed by atoms with Crippen LogP contribution >= 0.6 is 11.6 Å². The molecule has 1 N–H and O–H groups in total. The maximum atomic E-state index is 12.7. The molecule has 1 atom stereocenters. The van der Waals surface area contributed by atoms with Crippen LogP contribution in [0.1, 0.15) is 43.0 Å². The van der Waals surface area contributed by atoms with Gasteiger partial charge in [0.2, 0.25) is 5.91 Å². The number of hydrogen-bond donors (Lipinski definition) is 1. The highest BCUT2D eigenvalue weighted by Gasteiger charge is 2.24. The number of nitrogens with one attached hydrogen (secondary N) is 1.